The molecule has 0 aliphatic heterocycles. The molecule has 0 unspecified atom stereocenters. The van der Waals surface area contributed by atoms with Gasteiger partial charge in [0.15, 0.2) is 0 Å². The minimum Gasteiger partial charge on any atom is -0.462 e. The van der Waals surface area contributed by atoms with Crippen LogP contribution in [0.25, 0.3) is 17.2 Å². The van der Waals surface area contributed by atoms with Crippen molar-refractivity contribution in [3.05, 3.63) is 60.2 Å². The van der Waals surface area contributed by atoms with Gasteiger partial charge in [0.2, 0.25) is 0 Å². The number of aromatic nitrogens is 1. The van der Waals surface area contributed by atoms with E-state index in [1.54, 1.807) is 12.3 Å². The number of hydrogen-bond acceptors (Lipinski definition) is 3. The van der Waals surface area contributed by atoms with Crippen molar-refractivity contribution in [2.75, 3.05) is 0 Å². The number of hydrogen-bond donors (Lipinski definition) is 0. The molecule has 0 spiro atoms. The number of rotatable bonds is 4. The first-order chi connectivity index (χ1) is 13.6. The summed E-state index contributed by atoms with van der Waals surface area (Å²) in [5, 5.41) is 0. The summed E-state index contributed by atoms with van der Waals surface area (Å²) in [5.41, 5.74) is 2.57. The fourth-order valence-corrected chi connectivity index (χ4v) is 4.93. The van der Waals surface area contributed by atoms with E-state index < -0.39 is 0 Å². The molecule has 0 radical (unpaired) electrons. The molecular weight excluding hydrogens is 353 g/mol. The van der Waals surface area contributed by atoms with Gasteiger partial charge in [-0.25, -0.2) is 4.39 Å². The van der Waals surface area contributed by atoms with Gasteiger partial charge < -0.3 is 4.74 Å². The van der Waals surface area contributed by atoms with E-state index in [0.29, 0.717) is 11.8 Å². The molecule has 0 saturated heterocycles. The predicted molar refractivity (Wildman–Crippen MR) is 108 cm³/mol. The van der Waals surface area contributed by atoms with Gasteiger partial charge in [0, 0.05) is 24.6 Å². The summed E-state index contributed by atoms with van der Waals surface area (Å²) in [6, 6.07) is 10.4. The van der Waals surface area contributed by atoms with Gasteiger partial charge in [-0.05, 0) is 54.5 Å². The van der Waals surface area contributed by atoms with Gasteiger partial charge in [0.25, 0.3) is 0 Å². The highest BCUT2D eigenvalue weighted by Gasteiger charge is 2.44. The SMILES string of the molecule is CC(=O)O[C@H]1C[C@H]2CCCC[C@H]2[C@@H]1/C=C/c1ccc(-c2cccc(F)c2)cn1. The van der Waals surface area contributed by atoms with Crippen LogP contribution in [0.5, 0.6) is 0 Å². The Balaban J connectivity index is 1.50. The Labute approximate surface area is 165 Å². The van der Waals surface area contributed by atoms with Crippen LogP contribution in [0, 0.1) is 23.6 Å². The maximum atomic E-state index is 13.4. The van der Waals surface area contributed by atoms with Crippen molar-refractivity contribution in [1.29, 1.82) is 0 Å². The molecule has 4 atom stereocenters. The number of ether oxygens (including phenoxy) is 1. The zero-order chi connectivity index (χ0) is 19.5. The van der Waals surface area contributed by atoms with E-state index in [9.17, 15) is 9.18 Å². The third kappa shape index (κ3) is 4.16. The third-order valence-electron chi connectivity index (χ3n) is 6.18. The molecule has 2 aromatic rings. The average Bonchev–Trinajstić information content (AvgIpc) is 3.03. The van der Waals surface area contributed by atoms with Crippen LogP contribution >= 0.6 is 0 Å². The lowest BCUT2D eigenvalue weighted by atomic mass is 9.78. The minimum absolute atomic E-state index is 0.0200. The fraction of sp³-hybridized carbons (Fsp3) is 0.417. The number of esters is 1. The second-order valence-electron chi connectivity index (χ2n) is 8.01. The first-order valence-electron chi connectivity index (χ1n) is 10.2. The van der Waals surface area contributed by atoms with E-state index in [0.717, 1.165) is 23.2 Å². The second-order valence-corrected chi connectivity index (χ2v) is 8.01. The molecule has 4 heteroatoms. The summed E-state index contributed by atoms with van der Waals surface area (Å²) in [5.74, 6) is 1.08. The second kappa shape index (κ2) is 8.26. The van der Waals surface area contributed by atoms with E-state index in [2.05, 4.69) is 11.1 Å². The topological polar surface area (TPSA) is 39.2 Å². The highest BCUT2D eigenvalue weighted by molar-refractivity contribution is 5.66. The number of carbonyl (C=O) groups is 1. The van der Waals surface area contributed by atoms with Gasteiger partial charge in [0.1, 0.15) is 11.9 Å². The molecule has 2 fully saturated rings. The van der Waals surface area contributed by atoms with Crippen LogP contribution in [0.1, 0.15) is 44.7 Å². The fourth-order valence-electron chi connectivity index (χ4n) is 4.93. The van der Waals surface area contributed by atoms with Crippen LogP contribution in [-0.4, -0.2) is 17.1 Å². The lowest BCUT2D eigenvalue weighted by Crippen LogP contribution is -2.24. The zero-order valence-corrected chi connectivity index (χ0v) is 16.2. The molecule has 1 aromatic carbocycles. The molecule has 2 saturated carbocycles. The van der Waals surface area contributed by atoms with Crippen LogP contribution in [0.2, 0.25) is 0 Å². The molecule has 2 aliphatic rings. The Morgan fingerprint density at radius 3 is 2.79 bits per heavy atom. The molecule has 0 N–H and O–H groups in total. The van der Waals surface area contributed by atoms with E-state index in [-0.39, 0.29) is 23.8 Å². The van der Waals surface area contributed by atoms with Crippen molar-refractivity contribution >= 4 is 12.0 Å². The van der Waals surface area contributed by atoms with Crippen molar-refractivity contribution in [2.24, 2.45) is 17.8 Å². The van der Waals surface area contributed by atoms with E-state index in [4.69, 9.17) is 4.74 Å². The minimum atomic E-state index is -0.249. The predicted octanol–water partition coefficient (Wildman–Crippen LogP) is 5.66. The molecule has 28 heavy (non-hydrogen) atoms. The Bertz CT molecular complexity index is 861. The highest BCUT2D eigenvalue weighted by atomic mass is 19.1. The number of nitrogens with zero attached hydrogens (tertiary/aromatic N) is 1. The van der Waals surface area contributed by atoms with Gasteiger partial charge in [-0.1, -0.05) is 43.5 Å². The number of fused-ring (bicyclic) bond motifs is 1. The summed E-state index contributed by atoms with van der Waals surface area (Å²) in [6.45, 7) is 1.50. The molecule has 1 heterocycles. The highest BCUT2D eigenvalue weighted by Crippen LogP contribution is 2.47. The van der Waals surface area contributed by atoms with Crippen LogP contribution in [0.4, 0.5) is 4.39 Å². The number of benzene rings is 1. The first-order valence-corrected chi connectivity index (χ1v) is 10.2. The Hall–Kier alpha value is -2.49. The van der Waals surface area contributed by atoms with Crippen molar-refractivity contribution < 1.29 is 13.9 Å². The van der Waals surface area contributed by atoms with E-state index >= 15 is 0 Å². The quantitative estimate of drug-likeness (QED) is 0.644. The standard InChI is InChI=1S/C24H26FNO2/c1-16(27)28-24-14-18-5-2-3-8-22(18)23(24)12-11-21-10-9-19(15-26-21)17-6-4-7-20(25)13-17/h4,6-7,9-13,15,18,22-24H,2-3,5,8,14H2,1H3/b12-11+/t18-,22-,23+,24+/m1/s1. The summed E-state index contributed by atoms with van der Waals surface area (Å²) in [7, 11) is 0. The Kier molecular flexibility index (Phi) is 5.56. The molecule has 3 nitrogen and oxygen atoms in total. The summed E-state index contributed by atoms with van der Waals surface area (Å²) >= 11 is 0. The molecule has 1 aromatic heterocycles. The molecule has 2 aliphatic carbocycles. The first kappa shape index (κ1) is 18.9. The van der Waals surface area contributed by atoms with Crippen molar-refractivity contribution in [3.8, 4) is 11.1 Å². The smallest absolute Gasteiger partial charge is 0.302 e. The molecule has 0 amide bonds. The van der Waals surface area contributed by atoms with Crippen molar-refractivity contribution in [1.82, 2.24) is 4.98 Å². The molecule has 0 bridgehead atoms. The monoisotopic (exact) mass is 379 g/mol. The number of carbonyl (C=O) groups excluding carboxylic acids is 1. The maximum absolute atomic E-state index is 13.4. The van der Waals surface area contributed by atoms with Crippen LogP contribution in [0.15, 0.2) is 48.7 Å². The van der Waals surface area contributed by atoms with Gasteiger partial charge in [-0.2, -0.15) is 0 Å². The van der Waals surface area contributed by atoms with Crippen LogP contribution < -0.4 is 0 Å². The number of pyridine rings is 1. The van der Waals surface area contributed by atoms with Crippen LogP contribution in [0.3, 0.4) is 0 Å². The zero-order valence-electron chi connectivity index (χ0n) is 16.2. The van der Waals surface area contributed by atoms with Crippen molar-refractivity contribution in [2.45, 2.75) is 45.1 Å². The summed E-state index contributed by atoms with van der Waals surface area (Å²) < 4.78 is 19.1. The van der Waals surface area contributed by atoms with Gasteiger partial charge in [-0.3, -0.25) is 9.78 Å². The normalized spacial score (nSPS) is 26.9. The number of halogens is 1. The van der Waals surface area contributed by atoms with Gasteiger partial charge in [-0.15, -0.1) is 0 Å². The molecule has 4 rings (SSSR count). The lowest BCUT2D eigenvalue weighted by Gasteiger charge is -2.28. The van der Waals surface area contributed by atoms with E-state index in [1.165, 1.54) is 44.7 Å². The Morgan fingerprint density at radius 1 is 1.18 bits per heavy atom. The molecular formula is C24H26FNO2. The van der Waals surface area contributed by atoms with Crippen LogP contribution in [-0.2, 0) is 9.53 Å². The average molecular weight is 379 g/mol. The Morgan fingerprint density at radius 2 is 2.04 bits per heavy atom. The van der Waals surface area contributed by atoms with Crippen molar-refractivity contribution in [3.63, 3.8) is 0 Å². The summed E-state index contributed by atoms with van der Waals surface area (Å²) in [6.07, 6.45) is 12.0. The van der Waals surface area contributed by atoms with Gasteiger partial charge in [0.05, 0.1) is 5.69 Å². The third-order valence-corrected chi connectivity index (χ3v) is 6.18. The largest absolute Gasteiger partial charge is 0.462 e. The summed E-state index contributed by atoms with van der Waals surface area (Å²) in [4.78, 5) is 16.1. The lowest BCUT2D eigenvalue weighted by molar-refractivity contribution is -0.147. The van der Waals surface area contributed by atoms with E-state index in [1.807, 2.05) is 24.3 Å². The van der Waals surface area contributed by atoms with Gasteiger partial charge >= 0.3 is 5.97 Å². The molecule has 146 valence electrons. The maximum Gasteiger partial charge on any atom is 0.302 e.